The molecule has 2 aliphatic rings. The van der Waals surface area contributed by atoms with Gasteiger partial charge in [0.2, 0.25) is 5.95 Å². The van der Waals surface area contributed by atoms with Crippen molar-refractivity contribution in [3.05, 3.63) is 5.82 Å². The van der Waals surface area contributed by atoms with E-state index in [1.54, 1.807) is 0 Å². The van der Waals surface area contributed by atoms with Gasteiger partial charge in [0.15, 0.2) is 0 Å². The molecule has 2 fully saturated rings. The van der Waals surface area contributed by atoms with Crippen molar-refractivity contribution in [2.75, 3.05) is 24.6 Å². The molecule has 1 aromatic rings. The predicted octanol–water partition coefficient (Wildman–Crippen LogP) is 1.65. The van der Waals surface area contributed by atoms with Crippen molar-refractivity contribution in [2.45, 2.75) is 57.6 Å². The number of piperidine rings is 1. The third-order valence-electron chi connectivity index (χ3n) is 5.02. The van der Waals surface area contributed by atoms with Crippen molar-refractivity contribution in [3.63, 3.8) is 0 Å². The van der Waals surface area contributed by atoms with Crippen molar-refractivity contribution in [3.8, 4) is 0 Å². The van der Waals surface area contributed by atoms with Crippen molar-refractivity contribution < 1.29 is 4.74 Å². The molecule has 0 radical (unpaired) electrons. The Morgan fingerprint density at radius 3 is 2.81 bits per heavy atom. The van der Waals surface area contributed by atoms with Crippen LogP contribution >= 0.6 is 0 Å². The molecular formula is C15H27N5O. The van der Waals surface area contributed by atoms with Crippen LogP contribution in [0.2, 0.25) is 0 Å². The lowest BCUT2D eigenvalue weighted by Crippen LogP contribution is -2.40. The molecule has 1 aromatic heterocycles. The van der Waals surface area contributed by atoms with Crippen molar-refractivity contribution >= 4 is 5.95 Å². The predicted molar refractivity (Wildman–Crippen MR) is 82.4 cm³/mol. The van der Waals surface area contributed by atoms with E-state index in [1.165, 1.54) is 0 Å². The summed E-state index contributed by atoms with van der Waals surface area (Å²) in [4.78, 5) is 7.01. The molecule has 2 aliphatic heterocycles. The first kappa shape index (κ1) is 14.8. The minimum Gasteiger partial charge on any atom is -0.377 e. The number of nitrogens with one attached hydrogen (secondary N) is 1. The summed E-state index contributed by atoms with van der Waals surface area (Å²) in [6, 6.07) is 0.288. The van der Waals surface area contributed by atoms with Gasteiger partial charge in [-0.2, -0.15) is 4.98 Å². The summed E-state index contributed by atoms with van der Waals surface area (Å²) in [5.74, 6) is 2.84. The van der Waals surface area contributed by atoms with Gasteiger partial charge in [-0.25, -0.2) is 0 Å². The lowest BCUT2D eigenvalue weighted by Gasteiger charge is -2.32. The summed E-state index contributed by atoms with van der Waals surface area (Å²) < 4.78 is 5.75. The van der Waals surface area contributed by atoms with Gasteiger partial charge in [-0.1, -0.05) is 6.92 Å². The number of hydrogen-bond acceptors (Lipinski definition) is 5. The smallest absolute Gasteiger partial charge is 0.244 e. The third-order valence-corrected chi connectivity index (χ3v) is 5.02. The first-order valence-electron chi connectivity index (χ1n) is 8.23. The summed E-state index contributed by atoms with van der Waals surface area (Å²) >= 11 is 0. The highest BCUT2D eigenvalue weighted by Crippen LogP contribution is 2.32. The molecule has 3 N–H and O–H groups in total. The lowest BCUT2D eigenvalue weighted by atomic mass is 9.91. The van der Waals surface area contributed by atoms with E-state index >= 15 is 0 Å². The Morgan fingerprint density at radius 1 is 1.38 bits per heavy atom. The molecule has 2 saturated heterocycles. The third kappa shape index (κ3) is 3.06. The zero-order valence-corrected chi connectivity index (χ0v) is 13.1. The van der Waals surface area contributed by atoms with E-state index in [4.69, 9.17) is 15.5 Å². The Labute approximate surface area is 126 Å². The van der Waals surface area contributed by atoms with Crippen LogP contribution in [-0.4, -0.2) is 47.0 Å². The van der Waals surface area contributed by atoms with Crippen LogP contribution in [0.5, 0.6) is 0 Å². The maximum Gasteiger partial charge on any atom is 0.244 e. The zero-order chi connectivity index (χ0) is 14.8. The standard InChI is InChI=1S/C15H27N5O/c1-3-13-12(6-9-21-13)14-17-15(19-18-14)20-7-4-11(5-8-20)10(2)16/h10-13H,3-9,16H2,1-2H3,(H,17,18,19). The summed E-state index contributed by atoms with van der Waals surface area (Å²) in [6.45, 7) is 7.11. The number of hydrogen-bond donors (Lipinski definition) is 2. The van der Waals surface area contributed by atoms with E-state index in [0.29, 0.717) is 11.8 Å². The fourth-order valence-electron chi connectivity index (χ4n) is 3.56. The average Bonchev–Trinajstić information content (AvgIpc) is 3.15. The highest BCUT2D eigenvalue weighted by atomic mass is 16.5. The molecule has 6 nitrogen and oxygen atoms in total. The van der Waals surface area contributed by atoms with Crippen molar-refractivity contribution in [2.24, 2.45) is 11.7 Å². The molecule has 3 rings (SSSR count). The zero-order valence-electron chi connectivity index (χ0n) is 13.1. The maximum atomic E-state index is 6.00. The van der Waals surface area contributed by atoms with E-state index in [0.717, 1.165) is 57.2 Å². The normalized spacial score (nSPS) is 29.0. The van der Waals surface area contributed by atoms with Gasteiger partial charge in [-0.05, 0) is 38.5 Å². The monoisotopic (exact) mass is 293 g/mol. The minimum atomic E-state index is 0.287. The van der Waals surface area contributed by atoms with Gasteiger partial charge in [0.1, 0.15) is 5.82 Å². The first-order chi connectivity index (χ1) is 10.2. The SMILES string of the molecule is CCC1OCCC1c1nc(N2CCC(C(C)N)CC2)n[nH]1. The van der Waals surface area contributed by atoms with Crippen LogP contribution in [0.1, 0.15) is 51.3 Å². The van der Waals surface area contributed by atoms with Crippen LogP contribution in [0.3, 0.4) is 0 Å². The Morgan fingerprint density at radius 2 is 2.14 bits per heavy atom. The topological polar surface area (TPSA) is 80.1 Å². The summed E-state index contributed by atoms with van der Waals surface area (Å²) in [5.41, 5.74) is 6.00. The Bertz CT molecular complexity index is 453. The molecule has 0 bridgehead atoms. The highest BCUT2D eigenvalue weighted by Gasteiger charge is 2.32. The number of aromatic nitrogens is 3. The second-order valence-electron chi connectivity index (χ2n) is 6.42. The van der Waals surface area contributed by atoms with Crippen molar-refractivity contribution in [1.29, 1.82) is 0 Å². The van der Waals surface area contributed by atoms with E-state index in [2.05, 4.69) is 28.9 Å². The quantitative estimate of drug-likeness (QED) is 0.882. The molecule has 0 amide bonds. The van der Waals surface area contributed by atoms with Gasteiger partial charge in [-0.3, -0.25) is 5.10 Å². The maximum absolute atomic E-state index is 6.00. The van der Waals surface area contributed by atoms with Crippen LogP contribution in [0, 0.1) is 5.92 Å². The van der Waals surface area contributed by atoms with Crippen LogP contribution in [0.15, 0.2) is 0 Å². The summed E-state index contributed by atoms with van der Waals surface area (Å²) in [7, 11) is 0. The van der Waals surface area contributed by atoms with Gasteiger partial charge < -0.3 is 15.4 Å². The number of anilines is 1. The molecule has 3 heterocycles. The van der Waals surface area contributed by atoms with Crippen molar-refractivity contribution in [1.82, 2.24) is 15.2 Å². The van der Waals surface area contributed by atoms with Gasteiger partial charge in [0.05, 0.1) is 6.10 Å². The van der Waals surface area contributed by atoms with E-state index in [1.807, 2.05) is 0 Å². The molecule has 0 aliphatic carbocycles. The Hall–Kier alpha value is -1.14. The van der Waals surface area contributed by atoms with Gasteiger partial charge >= 0.3 is 0 Å². The molecule has 3 atom stereocenters. The molecule has 21 heavy (non-hydrogen) atoms. The Balaban J connectivity index is 1.63. The fourth-order valence-corrected chi connectivity index (χ4v) is 3.56. The number of ether oxygens (including phenoxy) is 1. The molecule has 118 valence electrons. The average molecular weight is 293 g/mol. The number of nitrogens with two attached hydrogens (primary N) is 1. The summed E-state index contributed by atoms with van der Waals surface area (Å²) in [5, 5.41) is 7.56. The largest absolute Gasteiger partial charge is 0.377 e. The first-order valence-corrected chi connectivity index (χ1v) is 8.23. The minimum absolute atomic E-state index is 0.287. The van der Waals surface area contributed by atoms with Gasteiger partial charge in [-0.15, -0.1) is 5.10 Å². The molecule has 0 spiro atoms. The van der Waals surface area contributed by atoms with E-state index in [-0.39, 0.29) is 12.1 Å². The van der Waals surface area contributed by atoms with Crippen LogP contribution in [0.4, 0.5) is 5.95 Å². The number of nitrogens with zero attached hydrogens (tertiary/aromatic N) is 3. The van der Waals surface area contributed by atoms with Gasteiger partial charge in [0.25, 0.3) is 0 Å². The van der Waals surface area contributed by atoms with Crippen LogP contribution in [0.25, 0.3) is 0 Å². The summed E-state index contributed by atoms with van der Waals surface area (Å²) in [6.07, 6.45) is 4.62. The van der Waals surface area contributed by atoms with E-state index in [9.17, 15) is 0 Å². The molecular weight excluding hydrogens is 266 g/mol. The highest BCUT2D eigenvalue weighted by molar-refractivity contribution is 5.30. The molecule has 0 saturated carbocycles. The number of rotatable bonds is 4. The second kappa shape index (κ2) is 6.32. The fraction of sp³-hybridized carbons (Fsp3) is 0.867. The lowest BCUT2D eigenvalue weighted by molar-refractivity contribution is 0.0994. The van der Waals surface area contributed by atoms with Gasteiger partial charge in [0, 0.05) is 31.7 Å². The number of H-pyrrole nitrogens is 1. The molecule has 6 heteroatoms. The van der Waals surface area contributed by atoms with E-state index < -0.39 is 0 Å². The number of aromatic amines is 1. The van der Waals surface area contributed by atoms with Crippen LogP contribution < -0.4 is 10.6 Å². The second-order valence-corrected chi connectivity index (χ2v) is 6.42. The van der Waals surface area contributed by atoms with Crippen LogP contribution in [-0.2, 0) is 4.74 Å². The Kier molecular flexibility index (Phi) is 4.45. The molecule has 3 unspecified atom stereocenters. The molecule has 0 aromatic carbocycles.